The number of piperazine rings is 1. The standard InChI is InChI=1S/C41H54N10O7S/c1-26-7-5-10-30(26)51-36-29(41(17-18-41)38(51)55)25-42-39(45-36)43-28-15-19-48(20-16-28)59(57,58)49-23-21-47(22-24-49)34(53)12-4-3-8-27-9-6-11-31-35(27)46(2)40(56)50(31)32-13-14-33(52)44-37(32)54/h6,9,11,25-26,28,30,32H,3-5,7-8,10,12-24H2,1-2H3,(H,42,43,45)(H,44,52,54). The van der Waals surface area contributed by atoms with E-state index in [9.17, 15) is 32.4 Å². The van der Waals surface area contributed by atoms with E-state index in [-0.39, 0.29) is 61.4 Å². The number of imide groups is 1. The number of carbonyl (C=O) groups excluding carboxylic acids is 4. The molecule has 4 amide bonds. The summed E-state index contributed by atoms with van der Waals surface area (Å²) in [5.74, 6) is 1.04. The number of amides is 4. The van der Waals surface area contributed by atoms with E-state index in [0.29, 0.717) is 82.1 Å². The van der Waals surface area contributed by atoms with E-state index in [0.717, 1.165) is 54.6 Å². The Morgan fingerprint density at radius 3 is 2.39 bits per heavy atom. The van der Waals surface area contributed by atoms with Crippen LogP contribution in [0.2, 0.25) is 0 Å². The highest BCUT2D eigenvalue weighted by molar-refractivity contribution is 7.86. The lowest BCUT2D eigenvalue weighted by atomic mass is 10.0. The second-order valence-electron chi connectivity index (χ2n) is 17.4. The molecule has 3 unspecified atom stereocenters. The molecule has 3 atom stereocenters. The first kappa shape index (κ1) is 39.8. The highest BCUT2D eigenvalue weighted by atomic mass is 32.2. The zero-order valence-corrected chi connectivity index (χ0v) is 34.7. The van der Waals surface area contributed by atoms with Gasteiger partial charge in [0.1, 0.15) is 11.9 Å². The van der Waals surface area contributed by atoms with Gasteiger partial charge in [0.2, 0.25) is 29.6 Å². The van der Waals surface area contributed by atoms with Gasteiger partial charge in [-0.2, -0.15) is 22.0 Å². The fraction of sp³-hybridized carbons (Fsp3) is 0.634. The minimum atomic E-state index is -3.70. The lowest BCUT2D eigenvalue weighted by Gasteiger charge is -2.39. The van der Waals surface area contributed by atoms with Gasteiger partial charge in [0.15, 0.2) is 0 Å². The van der Waals surface area contributed by atoms with E-state index in [1.807, 2.05) is 29.3 Å². The molecule has 1 spiro atoms. The van der Waals surface area contributed by atoms with Crippen LogP contribution in [-0.2, 0) is 48.3 Å². The lowest BCUT2D eigenvalue weighted by molar-refractivity contribution is -0.136. The van der Waals surface area contributed by atoms with Crippen LogP contribution in [-0.4, -0.2) is 116 Å². The number of rotatable bonds is 11. The molecule has 4 aliphatic heterocycles. The van der Waals surface area contributed by atoms with E-state index in [2.05, 4.69) is 22.5 Å². The normalized spacial score (nSPS) is 25.3. The minimum absolute atomic E-state index is 0.00134. The number of aryl methyl sites for hydroxylation is 2. The van der Waals surface area contributed by atoms with Crippen LogP contribution >= 0.6 is 0 Å². The van der Waals surface area contributed by atoms with Gasteiger partial charge in [-0.05, 0) is 81.8 Å². The van der Waals surface area contributed by atoms with Crippen molar-refractivity contribution in [1.29, 1.82) is 0 Å². The maximum atomic E-state index is 13.7. The van der Waals surface area contributed by atoms with Crippen LogP contribution in [0.4, 0.5) is 11.8 Å². The maximum absolute atomic E-state index is 13.7. The maximum Gasteiger partial charge on any atom is 0.329 e. The highest BCUT2D eigenvalue weighted by Crippen LogP contribution is 2.58. The van der Waals surface area contributed by atoms with Gasteiger partial charge in [-0.3, -0.25) is 38.5 Å². The fourth-order valence-corrected chi connectivity index (χ4v) is 11.9. The zero-order valence-electron chi connectivity index (χ0n) is 33.9. The average molecular weight is 831 g/mol. The first-order chi connectivity index (χ1) is 28.4. The summed E-state index contributed by atoms with van der Waals surface area (Å²) >= 11 is 0. The summed E-state index contributed by atoms with van der Waals surface area (Å²) < 4.78 is 33.5. The van der Waals surface area contributed by atoms with Crippen molar-refractivity contribution < 1.29 is 27.6 Å². The van der Waals surface area contributed by atoms with E-state index in [4.69, 9.17) is 4.98 Å². The van der Waals surface area contributed by atoms with Crippen molar-refractivity contribution in [1.82, 2.24) is 37.9 Å². The molecule has 1 aromatic carbocycles. The molecule has 0 bridgehead atoms. The van der Waals surface area contributed by atoms with E-state index in [1.165, 1.54) is 8.87 Å². The molecular formula is C41H54N10O7S. The van der Waals surface area contributed by atoms with Crippen LogP contribution in [0.15, 0.2) is 29.2 Å². The smallest absolute Gasteiger partial charge is 0.329 e. The van der Waals surface area contributed by atoms with Crippen LogP contribution in [0, 0.1) is 5.92 Å². The van der Waals surface area contributed by atoms with Crippen molar-refractivity contribution in [3.8, 4) is 0 Å². The van der Waals surface area contributed by atoms with Gasteiger partial charge in [0.25, 0.3) is 10.2 Å². The second-order valence-corrected chi connectivity index (χ2v) is 19.4. The quantitative estimate of drug-likeness (QED) is 0.214. The summed E-state index contributed by atoms with van der Waals surface area (Å²) in [5.41, 5.74) is 2.53. The van der Waals surface area contributed by atoms with Crippen LogP contribution in [0.25, 0.3) is 11.0 Å². The predicted molar refractivity (Wildman–Crippen MR) is 219 cm³/mol. The SMILES string of the molecule is CC1CCCC1N1C(=O)C2(CC2)c2cnc(NC3CCN(S(=O)(=O)N4CCN(C(=O)CCCCc5cccc6c5n(C)c(=O)n6C5CCC(=O)NC5=O)CC4)CC3)nc21. The van der Waals surface area contributed by atoms with Crippen LogP contribution in [0.3, 0.4) is 0 Å². The van der Waals surface area contributed by atoms with E-state index >= 15 is 0 Å². The number of nitrogens with one attached hydrogen (secondary N) is 2. The first-order valence-electron chi connectivity index (χ1n) is 21.4. The second kappa shape index (κ2) is 15.4. The third kappa shape index (κ3) is 7.03. The molecule has 316 valence electrons. The van der Waals surface area contributed by atoms with Crippen molar-refractivity contribution in [2.24, 2.45) is 13.0 Å². The van der Waals surface area contributed by atoms with Crippen molar-refractivity contribution in [2.75, 3.05) is 49.5 Å². The van der Waals surface area contributed by atoms with Crippen LogP contribution in [0.1, 0.15) is 101 Å². The number of carbonyl (C=O) groups is 4. The summed E-state index contributed by atoms with van der Waals surface area (Å²) in [6, 6.07) is 5.05. The van der Waals surface area contributed by atoms with Crippen molar-refractivity contribution >= 4 is 56.6 Å². The molecule has 17 nitrogen and oxygen atoms in total. The molecule has 6 aliphatic rings. The third-order valence-electron chi connectivity index (χ3n) is 13.9. The molecule has 2 aromatic heterocycles. The molecule has 2 aliphatic carbocycles. The number of benzene rings is 1. The molecule has 3 saturated heterocycles. The number of piperidine rings is 2. The summed E-state index contributed by atoms with van der Waals surface area (Å²) in [6.45, 7) is 4.10. The van der Waals surface area contributed by atoms with Gasteiger partial charge in [0.05, 0.1) is 16.4 Å². The number of fused-ring (bicyclic) bond motifs is 3. The molecule has 18 heteroatoms. The molecule has 5 fully saturated rings. The fourth-order valence-electron chi connectivity index (χ4n) is 10.3. The van der Waals surface area contributed by atoms with Crippen LogP contribution in [0.5, 0.6) is 0 Å². The summed E-state index contributed by atoms with van der Waals surface area (Å²) in [5, 5.41) is 5.79. The average Bonchev–Trinajstić information content (AvgIpc) is 3.80. The zero-order chi connectivity index (χ0) is 41.2. The van der Waals surface area contributed by atoms with Crippen molar-refractivity contribution in [3.63, 3.8) is 0 Å². The Labute approximate surface area is 343 Å². The van der Waals surface area contributed by atoms with Gasteiger partial charge in [-0.15, -0.1) is 0 Å². The Balaban J connectivity index is 0.740. The van der Waals surface area contributed by atoms with Gasteiger partial charge >= 0.3 is 5.69 Å². The largest absolute Gasteiger partial charge is 0.351 e. The number of hydrogen-bond acceptors (Lipinski definition) is 10. The van der Waals surface area contributed by atoms with Gasteiger partial charge < -0.3 is 10.2 Å². The topological polar surface area (TPSA) is 192 Å². The number of nitrogens with zero attached hydrogens (tertiary/aromatic N) is 8. The Morgan fingerprint density at radius 2 is 1.69 bits per heavy atom. The monoisotopic (exact) mass is 830 g/mol. The van der Waals surface area contributed by atoms with E-state index in [1.54, 1.807) is 20.8 Å². The number of hydrogen-bond donors (Lipinski definition) is 2. The Kier molecular flexibility index (Phi) is 10.4. The molecule has 9 rings (SSSR count). The Bertz CT molecular complexity index is 2360. The molecule has 2 N–H and O–H groups in total. The number of unbranched alkanes of at least 4 members (excludes halogenated alkanes) is 1. The van der Waals surface area contributed by atoms with Gasteiger partial charge in [0, 0.05) is 83.0 Å². The lowest BCUT2D eigenvalue weighted by Crippen LogP contribution is -2.55. The summed E-state index contributed by atoms with van der Waals surface area (Å²) in [6.07, 6.45) is 10.7. The molecule has 0 radical (unpaired) electrons. The molecule has 6 heterocycles. The van der Waals surface area contributed by atoms with Crippen LogP contribution < -0.4 is 21.2 Å². The summed E-state index contributed by atoms with van der Waals surface area (Å²) in [4.78, 5) is 77.7. The first-order valence-corrected chi connectivity index (χ1v) is 22.8. The molecular weight excluding hydrogens is 777 g/mol. The third-order valence-corrected chi connectivity index (χ3v) is 15.9. The number of imidazole rings is 1. The van der Waals surface area contributed by atoms with Crippen molar-refractivity contribution in [2.45, 2.75) is 114 Å². The Morgan fingerprint density at radius 1 is 0.949 bits per heavy atom. The van der Waals surface area contributed by atoms with Crippen molar-refractivity contribution in [3.05, 3.63) is 46.0 Å². The highest BCUT2D eigenvalue weighted by Gasteiger charge is 2.62. The molecule has 59 heavy (non-hydrogen) atoms. The Hall–Kier alpha value is -4.68. The van der Waals surface area contributed by atoms with Gasteiger partial charge in [-0.25, -0.2) is 9.78 Å². The number of para-hydroxylation sites is 1. The summed E-state index contributed by atoms with van der Waals surface area (Å²) in [7, 11) is -2.02. The van der Waals surface area contributed by atoms with E-state index < -0.39 is 27.6 Å². The number of aromatic nitrogens is 4. The molecule has 3 aromatic rings. The van der Waals surface area contributed by atoms with Gasteiger partial charge in [-0.1, -0.05) is 25.5 Å². The molecule has 2 saturated carbocycles. The number of anilines is 2. The minimum Gasteiger partial charge on any atom is -0.351 e. The predicted octanol–water partition coefficient (Wildman–Crippen LogP) is 2.35.